The number of ketones is 1. The van der Waals surface area contributed by atoms with Crippen molar-refractivity contribution in [2.75, 3.05) is 6.54 Å². The van der Waals surface area contributed by atoms with Gasteiger partial charge in [-0.15, -0.1) is 0 Å². The summed E-state index contributed by atoms with van der Waals surface area (Å²) in [6.07, 6.45) is 9.00. The summed E-state index contributed by atoms with van der Waals surface area (Å²) in [7, 11) is 0. The number of carbonyl (C=O) groups excluding carboxylic acids is 2. The highest BCUT2D eigenvalue weighted by Crippen LogP contribution is 2.15. The SMILES string of the molecule is C1CCCCC1.Cc1cccc(C(=O)NCC(=O)C(C)C)c1. The number of carbonyl (C=O) groups is 2. The fourth-order valence-corrected chi connectivity index (χ4v) is 2.32. The van der Waals surface area contributed by atoms with Gasteiger partial charge in [0, 0.05) is 11.5 Å². The van der Waals surface area contributed by atoms with E-state index >= 15 is 0 Å². The Morgan fingerprint density at radius 2 is 1.59 bits per heavy atom. The smallest absolute Gasteiger partial charge is 0.251 e. The predicted molar refractivity (Wildman–Crippen MR) is 91.1 cm³/mol. The van der Waals surface area contributed by atoms with E-state index in [4.69, 9.17) is 0 Å². The van der Waals surface area contributed by atoms with Crippen LogP contribution in [-0.2, 0) is 4.79 Å². The van der Waals surface area contributed by atoms with Crippen LogP contribution in [0.4, 0.5) is 0 Å². The van der Waals surface area contributed by atoms with Gasteiger partial charge in [0.2, 0.25) is 0 Å². The average Bonchev–Trinajstić information content (AvgIpc) is 2.54. The summed E-state index contributed by atoms with van der Waals surface area (Å²) in [6, 6.07) is 7.29. The fraction of sp³-hybridized carbons (Fsp3) is 0.579. The van der Waals surface area contributed by atoms with Gasteiger partial charge >= 0.3 is 0 Å². The van der Waals surface area contributed by atoms with Gasteiger partial charge in [0.1, 0.15) is 0 Å². The van der Waals surface area contributed by atoms with E-state index in [1.807, 2.05) is 32.9 Å². The second kappa shape index (κ2) is 10.1. The number of aryl methyl sites for hydroxylation is 1. The number of hydrogen-bond acceptors (Lipinski definition) is 2. The molecule has 1 aliphatic rings. The summed E-state index contributed by atoms with van der Waals surface area (Å²) in [5.41, 5.74) is 1.62. The van der Waals surface area contributed by atoms with E-state index in [1.165, 1.54) is 38.5 Å². The molecule has 3 heteroatoms. The predicted octanol–water partition coefficient (Wildman–Crippen LogP) is 4.29. The van der Waals surface area contributed by atoms with Crippen molar-refractivity contribution in [3.8, 4) is 0 Å². The number of nitrogens with one attached hydrogen (secondary N) is 1. The molecule has 1 aromatic carbocycles. The summed E-state index contributed by atoms with van der Waals surface area (Å²) < 4.78 is 0. The van der Waals surface area contributed by atoms with E-state index in [9.17, 15) is 9.59 Å². The molecule has 0 bridgehead atoms. The quantitative estimate of drug-likeness (QED) is 0.902. The van der Waals surface area contributed by atoms with E-state index in [0.29, 0.717) is 5.56 Å². The third-order valence-electron chi connectivity index (χ3n) is 3.85. The lowest BCUT2D eigenvalue weighted by Crippen LogP contribution is -2.31. The Labute approximate surface area is 134 Å². The van der Waals surface area contributed by atoms with Crippen LogP contribution in [0.3, 0.4) is 0 Å². The van der Waals surface area contributed by atoms with Crippen LogP contribution >= 0.6 is 0 Å². The summed E-state index contributed by atoms with van der Waals surface area (Å²) >= 11 is 0. The molecular formula is C19H29NO2. The molecule has 1 amide bonds. The van der Waals surface area contributed by atoms with Gasteiger partial charge in [-0.1, -0.05) is 70.1 Å². The molecule has 0 heterocycles. The molecule has 0 unspecified atom stereocenters. The van der Waals surface area contributed by atoms with Gasteiger partial charge in [-0.05, 0) is 19.1 Å². The van der Waals surface area contributed by atoms with Crippen LogP contribution in [0.15, 0.2) is 24.3 Å². The molecule has 22 heavy (non-hydrogen) atoms. The number of hydrogen-bond donors (Lipinski definition) is 1. The Balaban J connectivity index is 0.000000335. The van der Waals surface area contributed by atoms with Crippen LogP contribution in [0.5, 0.6) is 0 Å². The van der Waals surface area contributed by atoms with Gasteiger partial charge in [0.25, 0.3) is 5.91 Å². The summed E-state index contributed by atoms with van der Waals surface area (Å²) in [4.78, 5) is 23.0. The van der Waals surface area contributed by atoms with Crippen LogP contribution < -0.4 is 5.32 Å². The minimum absolute atomic E-state index is 0.0426. The standard InChI is InChI=1S/C13H17NO2.C6H12/c1-9(2)12(15)8-14-13(16)11-6-4-5-10(3)7-11;1-2-4-6-5-3-1/h4-7,9H,8H2,1-3H3,(H,14,16);1-6H2. The molecule has 0 atom stereocenters. The van der Waals surface area contributed by atoms with Crippen LogP contribution in [-0.4, -0.2) is 18.2 Å². The summed E-state index contributed by atoms with van der Waals surface area (Å²) in [5, 5.41) is 2.62. The molecule has 1 N–H and O–H groups in total. The van der Waals surface area contributed by atoms with Gasteiger partial charge in [-0.25, -0.2) is 0 Å². The van der Waals surface area contributed by atoms with Gasteiger partial charge in [-0.2, -0.15) is 0 Å². The Kier molecular flexibility index (Phi) is 8.49. The van der Waals surface area contributed by atoms with Crippen molar-refractivity contribution < 1.29 is 9.59 Å². The topological polar surface area (TPSA) is 46.2 Å². The highest BCUT2D eigenvalue weighted by atomic mass is 16.2. The molecule has 1 saturated carbocycles. The first-order valence-corrected chi connectivity index (χ1v) is 8.38. The first-order valence-electron chi connectivity index (χ1n) is 8.38. The van der Waals surface area contributed by atoms with E-state index in [1.54, 1.807) is 12.1 Å². The largest absolute Gasteiger partial charge is 0.345 e. The Bertz CT molecular complexity index is 465. The minimum atomic E-state index is -0.197. The highest BCUT2D eigenvalue weighted by molar-refractivity contribution is 5.97. The lowest BCUT2D eigenvalue weighted by molar-refractivity contribution is -0.120. The van der Waals surface area contributed by atoms with Crippen molar-refractivity contribution in [3.05, 3.63) is 35.4 Å². The van der Waals surface area contributed by atoms with Gasteiger partial charge in [0.05, 0.1) is 6.54 Å². The monoisotopic (exact) mass is 303 g/mol. The molecule has 0 spiro atoms. The second-order valence-electron chi connectivity index (χ2n) is 6.29. The Hall–Kier alpha value is -1.64. The minimum Gasteiger partial charge on any atom is -0.345 e. The molecule has 1 aromatic rings. The number of benzene rings is 1. The maximum absolute atomic E-state index is 11.7. The lowest BCUT2D eigenvalue weighted by Gasteiger charge is -2.06. The molecule has 1 aliphatic carbocycles. The molecule has 0 aliphatic heterocycles. The first kappa shape index (κ1) is 18.4. The van der Waals surface area contributed by atoms with Crippen molar-refractivity contribution in [1.29, 1.82) is 0 Å². The second-order valence-corrected chi connectivity index (χ2v) is 6.29. The van der Waals surface area contributed by atoms with Gasteiger partial charge in [-0.3, -0.25) is 9.59 Å². The third-order valence-corrected chi connectivity index (χ3v) is 3.85. The van der Waals surface area contributed by atoms with E-state index in [-0.39, 0.29) is 24.2 Å². The third kappa shape index (κ3) is 7.39. The van der Waals surface area contributed by atoms with Crippen LogP contribution in [0.25, 0.3) is 0 Å². The molecule has 122 valence electrons. The van der Waals surface area contributed by atoms with Crippen LogP contribution in [0.1, 0.15) is 68.3 Å². The zero-order valence-corrected chi connectivity index (χ0v) is 14.2. The molecule has 3 nitrogen and oxygen atoms in total. The van der Waals surface area contributed by atoms with Crippen molar-refractivity contribution in [2.45, 2.75) is 59.3 Å². The van der Waals surface area contributed by atoms with Crippen molar-refractivity contribution in [1.82, 2.24) is 5.32 Å². The van der Waals surface area contributed by atoms with E-state index in [2.05, 4.69) is 5.32 Å². The fourth-order valence-electron chi connectivity index (χ4n) is 2.32. The molecule has 2 rings (SSSR count). The van der Waals surface area contributed by atoms with Gasteiger partial charge < -0.3 is 5.32 Å². The van der Waals surface area contributed by atoms with E-state index < -0.39 is 0 Å². The van der Waals surface area contributed by atoms with Crippen molar-refractivity contribution in [2.24, 2.45) is 5.92 Å². The molecule has 0 aromatic heterocycles. The van der Waals surface area contributed by atoms with E-state index in [0.717, 1.165) is 5.56 Å². The Morgan fingerprint density at radius 1 is 1.05 bits per heavy atom. The maximum atomic E-state index is 11.7. The average molecular weight is 303 g/mol. The molecule has 0 radical (unpaired) electrons. The van der Waals surface area contributed by atoms with Crippen molar-refractivity contribution in [3.63, 3.8) is 0 Å². The normalized spacial score (nSPS) is 14.0. The highest BCUT2D eigenvalue weighted by Gasteiger charge is 2.10. The Morgan fingerprint density at radius 3 is 2.05 bits per heavy atom. The summed E-state index contributed by atoms with van der Waals surface area (Å²) in [5.74, 6) is -0.198. The molecular weight excluding hydrogens is 274 g/mol. The number of rotatable bonds is 4. The number of amides is 1. The lowest BCUT2D eigenvalue weighted by atomic mass is 10.0. The molecule has 0 saturated heterocycles. The van der Waals surface area contributed by atoms with Crippen molar-refractivity contribution >= 4 is 11.7 Å². The first-order chi connectivity index (χ1) is 10.5. The molecule has 1 fully saturated rings. The summed E-state index contributed by atoms with van der Waals surface area (Å²) in [6.45, 7) is 5.67. The van der Waals surface area contributed by atoms with Gasteiger partial charge in [0.15, 0.2) is 5.78 Å². The zero-order valence-electron chi connectivity index (χ0n) is 14.2. The number of Topliss-reactive ketones (excluding diaryl/α,β-unsaturated/α-hetero) is 1. The van der Waals surface area contributed by atoms with Crippen LogP contribution in [0, 0.1) is 12.8 Å². The van der Waals surface area contributed by atoms with Crippen LogP contribution in [0.2, 0.25) is 0 Å². The zero-order chi connectivity index (χ0) is 16.4. The maximum Gasteiger partial charge on any atom is 0.251 e.